The number of ether oxygens (including phenoxy) is 1. The number of nitrogens with two attached hydrogens (primary N) is 1. The lowest BCUT2D eigenvalue weighted by Gasteiger charge is -2.21. The predicted molar refractivity (Wildman–Crippen MR) is 64.1 cm³/mol. The molecule has 1 amide bonds. The summed E-state index contributed by atoms with van der Waals surface area (Å²) < 4.78 is 64.3. The molecule has 4 nitrogen and oxygen atoms in total. The van der Waals surface area contributed by atoms with Gasteiger partial charge in [-0.05, 0) is 24.3 Å². The number of carbonyl (C=O) groups excluding carboxylic acids is 1. The van der Waals surface area contributed by atoms with Gasteiger partial charge in [-0.1, -0.05) is 0 Å². The van der Waals surface area contributed by atoms with Gasteiger partial charge in [0.2, 0.25) is 0 Å². The van der Waals surface area contributed by atoms with E-state index >= 15 is 0 Å². The standard InChI is InChI=1S/C12H13F5N2O2/c13-10(14)7-19(6-5-18)11(20)8-1-3-9(4-2-8)21-12(15,16)17/h1-4,10H,5-7,18H2. The van der Waals surface area contributed by atoms with E-state index in [0.29, 0.717) is 0 Å². The molecule has 1 aromatic rings. The van der Waals surface area contributed by atoms with Gasteiger partial charge < -0.3 is 15.4 Å². The number of rotatable bonds is 6. The number of nitrogens with zero attached hydrogens (tertiary/aromatic N) is 1. The van der Waals surface area contributed by atoms with Crippen molar-refractivity contribution < 1.29 is 31.5 Å². The van der Waals surface area contributed by atoms with E-state index in [-0.39, 0.29) is 18.7 Å². The zero-order valence-corrected chi connectivity index (χ0v) is 10.7. The molecule has 0 heterocycles. The number of hydrogen-bond acceptors (Lipinski definition) is 3. The van der Waals surface area contributed by atoms with Crippen LogP contribution in [-0.4, -0.2) is 43.2 Å². The molecule has 0 unspecified atom stereocenters. The highest BCUT2D eigenvalue weighted by atomic mass is 19.4. The first-order valence-electron chi connectivity index (χ1n) is 5.86. The van der Waals surface area contributed by atoms with Crippen molar-refractivity contribution >= 4 is 5.91 Å². The number of halogens is 5. The molecule has 21 heavy (non-hydrogen) atoms. The van der Waals surface area contributed by atoms with E-state index in [1.165, 1.54) is 0 Å². The number of carbonyl (C=O) groups is 1. The minimum absolute atomic E-state index is 0.00622. The van der Waals surface area contributed by atoms with Crippen LogP contribution < -0.4 is 10.5 Å². The van der Waals surface area contributed by atoms with Gasteiger partial charge in [-0.2, -0.15) is 0 Å². The van der Waals surface area contributed by atoms with Crippen molar-refractivity contribution in [1.29, 1.82) is 0 Å². The van der Waals surface area contributed by atoms with Gasteiger partial charge in [-0.15, -0.1) is 13.2 Å². The number of hydrogen-bond donors (Lipinski definition) is 1. The molecule has 1 rings (SSSR count). The van der Waals surface area contributed by atoms with Crippen LogP contribution in [0.5, 0.6) is 5.75 Å². The molecule has 0 aliphatic rings. The SMILES string of the molecule is NCCN(CC(F)F)C(=O)c1ccc(OC(F)(F)F)cc1. The first-order valence-corrected chi connectivity index (χ1v) is 5.86. The molecule has 0 radical (unpaired) electrons. The average Bonchev–Trinajstić information content (AvgIpc) is 2.36. The van der Waals surface area contributed by atoms with Crippen LogP contribution in [0.25, 0.3) is 0 Å². The second kappa shape index (κ2) is 7.21. The molecule has 0 aliphatic carbocycles. The fraction of sp³-hybridized carbons (Fsp3) is 0.417. The van der Waals surface area contributed by atoms with E-state index in [9.17, 15) is 26.7 Å². The van der Waals surface area contributed by atoms with Crippen LogP contribution >= 0.6 is 0 Å². The van der Waals surface area contributed by atoms with Crippen molar-refractivity contribution in [3.63, 3.8) is 0 Å². The summed E-state index contributed by atoms with van der Waals surface area (Å²) in [7, 11) is 0. The molecule has 0 aromatic heterocycles. The van der Waals surface area contributed by atoms with Crippen LogP contribution in [0.15, 0.2) is 24.3 Å². The van der Waals surface area contributed by atoms with Crippen molar-refractivity contribution in [2.24, 2.45) is 5.73 Å². The third-order valence-electron chi connectivity index (χ3n) is 2.38. The number of amides is 1. The fourth-order valence-electron chi connectivity index (χ4n) is 1.58. The Morgan fingerprint density at radius 3 is 2.24 bits per heavy atom. The van der Waals surface area contributed by atoms with Gasteiger partial charge in [-0.3, -0.25) is 4.79 Å². The van der Waals surface area contributed by atoms with Gasteiger partial charge in [0.05, 0.1) is 6.54 Å². The maximum atomic E-state index is 12.4. The van der Waals surface area contributed by atoms with Crippen molar-refractivity contribution in [2.45, 2.75) is 12.8 Å². The number of benzene rings is 1. The van der Waals surface area contributed by atoms with Crippen molar-refractivity contribution in [3.05, 3.63) is 29.8 Å². The van der Waals surface area contributed by atoms with Crippen LogP contribution in [0.1, 0.15) is 10.4 Å². The first kappa shape index (κ1) is 17.2. The van der Waals surface area contributed by atoms with Crippen LogP contribution in [0.4, 0.5) is 22.0 Å². The Bertz CT molecular complexity index is 462. The molecule has 2 N–H and O–H groups in total. The molecule has 0 bridgehead atoms. The molecule has 0 fully saturated rings. The Kier molecular flexibility index (Phi) is 5.89. The largest absolute Gasteiger partial charge is 0.573 e. The van der Waals surface area contributed by atoms with Crippen LogP contribution in [0.2, 0.25) is 0 Å². The van der Waals surface area contributed by atoms with E-state index in [4.69, 9.17) is 5.73 Å². The molecule has 0 spiro atoms. The predicted octanol–water partition coefficient (Wildman–Crippen LogP) is 2.25. The van der Waals surface area contributed by atoms with Crippen molar-refractivity contribution in [3.8, 4) is 5.75 Å². The Labute approximate surface area is 117 Å². The summed E-state index contributed by atoms with van der Waals surface area (Å²) in [6.07, 6.45) is -7.57. The summed E-state index contributed by atoms with van der Waals surface area (Å²) in [5.41, 5.74) is 5.20. The minimum Gasteiger partial charge on any atom is -0.406 e. The fourth-order valence-corrected chi connectivity index (χ4v) is 1.58. The molecule has 0 atom stereocenters. The maximum absolute atomic E-state index is 12.4. The van der Waals surface area contributed by atoms with Gasteiger partial charge in [-0.25, -0.2) is 8.78 Å². The Balaban J connectivity index is 2.81. The monoisotopic (exact) mass is 312 g/mol. The highest BCUT2D eigenvalue weighted by Crippen LogP contribution is 2.23. The molecule has 1 aromatic carbocycles. The summed E-state index contributed by atoms with van der Waals surface area (Å²) in [6.45, 7) is -0.880. The Hall–Kier alpha value is -1.90. The van der Waals surface area contributed by atoms with Crippen LogP contribution in [-0.2, 0) is 0 Å². The van der Waals surface area contributed by atoms with E-state index in [1.807, 2.05) is 0 Å². The summed E-state index contributed by atoms with van der Waals surface area (Å²) >= 11 is 0. The zero-order valence-electron chi connectivity index (χ0n) is 10.7. The third kappa shape index (κ3) is 5.94. The average molecular weight is 312 g/mol. The Morgan fingerprint density at radius 1 is 1.24 bits per heavy atom. The molecule has 0 saturated carbocycles. The molecule has 118 valence electrons. The molecular weight excluding hydrogens is 299 g/mol. The van der Waals surface area contributed by atoms with Gasteiger partial charge in [0.25, 0.3) is 12.3 Å². The minimum atomic E-state index is -4.84. The second-order valence-electron chi connectivity index (χ2n) is 4.00. The van der Waals surface area contributed by atoms with Crippen LogP contribution in [0.3, 0.4) is 0 Å². The number of alkyl halides is 5. The third-order valence-corrected chi connectivity index (χ3v) is 2.38. The normalized spacial score (nSPS) is 11.6. The summed E-state index contributed by atoms with van der Waals surface area (Å²) in [6, 6.07) is 4.00. The highest BCUT2D eigenvalue weighted by molar-refractivity contribution is 5.94. The van der Waals surface area contributed by atoms with Gasteiger partial charge in [0.15, 0.2) is 0 Å². The second-order valence-corrected chi connectivity index (χ2v) is 4.00. The molecular formula is C12H13F5N2O2. The van der Waals surface area contributed by atoms with Gasteiger partial charge in [0.1, 0.15) is 5.75 Å². The molecule has 9 heteroatoms. The lowest BCUT2D eigenvalue weighted by atomic mass is 10.2. The van der Waals surface area contributed by atoms with Gasteiger partial charge >= 0.3 is 6.36 Å². The van der Waals surface area contributed by atoms with Crippen LogP contribution in [0, 0.1) is 0 Å². The lowest BCUT2D eigenvalue weighted by Crippen LogP contribution is -2.38. The highest BCUT2D eigenvalue weighted by Gasteiger charge is 2.31. The summed E-state index contributed by atoms with van der Waals surface area (Å²) in [4.78, 5) is 12.8. The van der Waals surface area contributed by atoms with Gasteiger partial charge in [0, 0.05) is 18.7 Å². The smallest absolute Gasteiger partial charge is 0.406 e. The lowest BCUT2D eigenvalue weighted by molar-refractivity contribution is -0.274. The Morgan fingerprint density at radius 2 is 1.81 bits per heavy atom. The zero-order chi connectivity index (χ0) is 16.0. The van der Waals surface area contributed by atoms with E-state index in [1.54, 1.807) is 0 Å². The summed E-state index contributed by atoms with van der Waals surface area (Å²) in [5.74, 6) is -1.24. The molecule has 0 saturated heterocycles. The van der Waals surface area contributed by atoms with E-state index in [2.05, 4.69) is 4.74 Å². The quantitative estimate of drug-likeness (QED) is 0.820. The first-order chi connectivity index (χ1) is 9.73. The van der Waals surface area contributed by atoms with E-state index in [0.717, 1.165) is 29.2 Å². The van der Waals surface area contributed by atoms with Crippen molar-refractivity contribution in [1.82, 2.24) is 4.90 Å². The molecule has 0 aliphatic heterocycles. The van der Waals surface area contributed by atoms with Crippen molar-refractivity contribution in [2.75, 3.05) is 19.6 Å². The topological polar surface area (TPSA) is 55.6 Å². The summed E-state index contributed by atoms with van der Waals surface area (Å²) in [5, 5.41) is 0. The van der Waals surface area contributed by atoms with E-state index < -0.39 is 31.0 Å². The maximum Gasteiger partial charge on any atom is 0.573 e.